The molecule has 0 heterocycles. The fourth-order valence-electron chi connectivity index (χ4n) is 4.48. The predicted molar refractivity (Wildman–Crippen MR) is 132 cm³/mol. The van der Waals surface area contributed by atoms with Gasteiger partial charge in [0.05, 0.1) is 5.60 Å². The van der Waals surface area contributed by atoms with E-state index in [0.717, 1.165) is 57.8 Å². The first-order valence-electron chi connectivity index (χ1n) is 13.6. The maximum absolute atomic E-state index is 11.2. The summed E-state index contributed by atoms with van der Waals surface area (Å²) in [5.41, 5.74) is -0.676. The summed E-state index contributed by atoms with van der Waals surface area (Å²) in [6.45, 7) is 2.26. The van der Waals surface area contributed by atoms with Gasteiger partial charge in [-0.15, -0.1) is 0 Å². The van der Waals surface area contributed by atoms with Gasteiger partial charge in [-0.2, -0.15) is 0 Å². The van der Waals surface area contributed by atoms with Crippen LogP contribution in [-0.2, 0) is 9.59 Å². The molecule has 0 amide bonds. The van der Waals surface area contributed by atoms with Gasteiger partial charge in [-0.05, 0) is 32.1 Å². The smallest absolute Gasteiger partial charge is 0.303 e. The zero-order valence-corrected chi connectivity index (χ0v) is 20.9. The van der Waals surface area contributed by atoms with Crippen molar-refractivity contribution in [1.82, 2.24) is 0 Å². The molecule has 0 atom stereocenters. The molecule has 0 aliphatic heterocycles. The minimum atomic E-state index is -0.754. The fourth-order valence-corrected chi connectivity index (χ4v) is 4.48. The molecule has 0 aliphatic rings. The lowest BCUT2D eigenvalue weighted by atomic mass is 9.85. The van der Waals surface area contributed by atoms with Crippen molar-refractivity contribution in [3.05, 3.63) is 0 Å². The summed E-state index contributed by atoms with van der Waals surface area (Å²) in [5, 5.41) is 28.7. The number of unbranched alkanes of at least 4 members (excludes halogenated alkanes) is 15. The number of carboxylic acids is 2. The Kier molecular flexibility index (Phi) is 21.0. The zero-order valence-electron chi connectivity index (χ0n) is 20.9. The van der Waals surface area contributed by atoms with E-state index in [9.17, 15) is 14.7 Å². The van der Waals surface area contributed by atoms with Crippen LogP contribution in [0.15, 0.2) is 0 Å². The van der Waals surface area contributed by atoms with E-state index >= 15 is 0 Å². The van der Waals surface area contributed by atoms with Crippen LogP contribution in [0.5, 0.6) is 0 Å². The molecule has 190 valence electrons. The van der Waals surface area contributed by atoms with E-state index in [1.165, 1.54) is 64.2 Å². The van der Waals surface area contributed by atoms with Crippen molar-refractivity contribution in [1.29, 1.82) is 0 Å². The van der Waals surface area contributed by atoms with Crippen LogP contribution >= 0.6 is 0 Å². The Labute approximate surface area is 197 Å². The van der Waals surface area contributed by atoms with E-state index < -0.39 is 17.5 Å². The van der Waals surface area contributed by atoms with Gasteiger partial charge < -0.3 is 15.3 Å². The minimum absolute atomic E-state index is 0.201. The molecule has 0 aromatic carbocycles. The van der Waals surface area contributed by atoms with Gasteiger partial charge in [0.1, 0.15) is 0 Å². The summed E-state index contributed by atoms with van der Waals surface area (Å²) in [4.78, 5) is 21.3. The highest BCUT2D eigenvalue weighted by Crippen LogP contribution is 2.29. The summed E-state index contributed by atoms with van der Waals surface area (Å²) in [6.07, 6.45) is 23.0. The van der Waals surface area contributed by atoms with Crippen LogP contribution in [0.2, 0.25) is 0 Å². The predicted octanol–water partition coefficient (Wildman–Crippen LogP) is 7.88. The van der Waals surface area contributed by atoms with Crippen LogP contribution in [0.25, 0.3) is 0 Å². The molecule has 0 rings (SSSR count). The van der Waals surface area contributed by atoms with Crippen LogP contribution in [0, 0.1) is 0 Å². The number of aliphatic hydroxyl groups is 1. The lowest BCUT2D eigenvalue weighted by Gasteiger charge is -2.28. The van der Waals surface area contributed by atoms with Crippen molar-refractivity contribution >= 4 is 11.9 Å². The van der Waals surface area contributed by atoms with Gasteiger partial charge in [0, 0.05) is 12.8 Å². The summed E-state index contributed by atoms with van der Waals surface area (Å²) in [5.74, 6) is -1.51. The van der Waals surface area contributed by atoms with Gasteiger partial charge in [-0.25, -0.2) is 0 Å². The lowest BCUT2D eigenvalue weighted by Crippen LogP contribution is -2.28. The van der Waals surface area contributed by atoms with Crippen LogP contribution in [0.3, 0.4) is 0 Å². The molecule has 0 radical (unpaired) electrons. The fraction of sp³-hybridized carbons (Fsp3) is 0.926. The normalized spacial score (nSPS) is 11.7. The molecule has 0 unspecified atom stereocenters. The molecule has 0 aromatic heterocycles. The maximum atomic E-state index is 11.2. The van der Waals surface area contributed by atoms with E-state index in [0.29, 0.717) is 12.8 Å². The van der Waals surface area contributed by atoms with E-state index in [4.69, 9.17) is 10.2 Å². The molecule has 0 fully saturated rings. The Balaban J connectivity index is 3.98. The average Bonchev–Trinajstić information content (AvgIpc) is 2.73. The molecule has 5 heteroatoms. The van der Waals surface area contributed by atoms with Gasteiger partial charge >= 0.3 is 11.9 Å². The highest BCUT2D eigenvalue weighted by molar-refractivity contribution is 5.66. The van der Waals surface area contributed by atoms with Crippen LogP contribution < -0.4 is 0 Å². The highest BCUT2D eigenvalue weighted by atomic mass is 16.4. The molecule has 0 aromatic rings. The third-order valence-electron chi connectivity index (χ3n) is 6.56. The lowest BCUT2D eigenvalue weighted by molar-refractivity contribution is -0.138. The summed E-state index contributed by atoms with van der Waals surface area (Å²) < 4.78 is 0. The number of hydrogen-bond donors (Lipinski definition) is 3. The van der Waals surface area contributed by atoms with E-state index in [-0.39, 0.29) is 12.8 Å². The van der Waals surface area contributed by atoms with Crippen molar-refractivity contribution in [2.24, 2.45) is 0 Å². The first kappa shape index (κ1) is 30.9. The maximum Gasteiger partial charge on any atom is 0.303 e. The third kappa shape index (κ3) is 22.1. The van der Waals surface area contributed by atoms with Gasteiger partial charge in [0.15, 0.2) is 0 Å². The summed E-state index contributed by atoms with van der Waals surface area (Å²) >= 11 is 0. The molecule has 0 aliphatic carbocycles. The molecule has 0 bridgehead atoms. The number of carboxylic acid groups (broad SMARTS) is 2. The first-order valence-corrected chi connectivity index (χ1v) is 13.6. The van der Waals surface area contributed by atoms with Crippen molar-refractivity contribution in [2.45, 2.75) is 160 Å². The number of carbonyl (C=O) groups is 2. The van der Waals surface area contributed by atoms with Gasteiger partial charge in [0.25, 0.3) is 0 Å². The average molecular weight is 457 g/mol. The molecule has 0 saturated carbocycles. The van der Waals surface area contributed by atoms with E-state index in [1.807, 2.05) is 0 Å². The Morgan fingerprint density at radius 2 is 0.781 bits per heavy atom. The second kappa shape index (κ2) is 21.7. The largest absolute Gasteiger partial charge is 0.481 e. The summed E-state index contributed by atoms with van der Waals surface area (Å²) in [7, 11) is 0. The Morgan fingerprint density at radius 1 is 0.500 bits per heavy atom. The quantitative estimate of drug-likeness (QED) is 0.121. The Bertz CT molecular complexity index is 425. The minimum Gasteiger partial charge on any atom is -0.481 e. The highest BCUT2D eigenvalue weighted by Gasteiger charge is 2.25. The van der Waals surface area contributed by atoms with Crippen molar-refractivity contribution in [3.8, 4) is 0 Å². The standard InChI is InChI=1S/C27H52O5/c1-2-3-4-5-6-7-8-9-10-11-12-17-22-27(32,23-18-13-15-20-25(28)29)24-19-14-16-21-26(30)31/h32H,2-24H2,1H3,(H,28,29)(H,30,31). The summed E-state index contributed by atoms with van der Waals surface area (Å²) in [6, 6.07) is 0. The second-order valence-corrected chi connectivity index (χ2v) is 9.77. The van der Waals surface area contributed by atoms with Gasteiger partial charge in [0.2, 0.25) is 0 Å². The van der Waals surface area contributed by atoms with Gasteiger partial charge in [-0.3, -0.25) is 9.59 Å². The second-order valence-electron chi connectivity index (χ2n) is 9.77. The number of hydrogen-bond acceptors (Lipinski definition) is 3. The molecule has 32 heavy (non-hydrogen) atoms. The van der Waals surface area contributed by atoms with Crippen molar-refractivity contribution in [3.63, 3.8) is 0 Å². The Morgan fingerprint density at radius 3 is 1.09 bits per heavy atom. The molecule has 0 spiro atoms. The van der Waals surface area contributed by atoms with E-state index in [1.54, 1.807) is 0 Å². The molecular formula is C27H52O5. The SMILES string of the molecule is CCCCCCCCCCCCCCC(O)(CCCCCC(=O)O)CCCCCC(=O)O. The van der Waals surface area contributed by atoms with Crippen molar-refractivity contribution in [2.75, 3.05) is 0 Å². The van der Waals surface area contributed by atoms with Crippen LogP contribution in [0.1, 0.15) is 155 Å². The monoisotopic (exact) mass is 456 g/mol. The third-order valence-corrected chi connectivity index (χ3v) is 6.56. The van der Waals surface area contributed by atoms with Crippen LogP contribution in [-0.4, -0.2) is 32.9 Å². The molecule has 5 nitrogen and oxygen atoms in total. The number of rotatable bonds is 25. The zero-order chi connectivity index (χ0) is 23.9. The van der Waals surface area contributed by atoms with Crippen molar-refractivity contribution < 1.29 is 24.9 Å². The topological polar surface area (TPSA) is 94.8 Å². The molecular weight excluding hydrogens is 404 g/mol. The van der Waals surface area contributed by atoms with E-state index in [2.05, 4.69) is 6.92 Å². The van der Waals surface area contributed by atoms with Crippen LogP contribution in [0.4, 0.5) is 0 Å². The first-order chi connectivity index (χ1) is 15.4. The van der Waals surface area contributed by atoms with Gasteiger partial charge in [-0.1, -0.05) is 110 Å². The Hall–Kier alpha value is -1.10. The molecule has 3 N–H and O–H groups in total. The number of aliphatic carboxylic acids is 2. The molecule has 0 saturated heterocycles.